The van der Waals surface area contributed by atoms with Crippen molar-refractivity contribution in [2.45, 2.75) is 155 Å². The zero-order valence-electron chi connectivity index (χ0n) is 24.8. The van der Waals surface area contributed by atoms with Crippen LogP contribution in [-0.4, -0.2) is 13.9 Å². The van der Waals surface area contributed by atoms with Crippen molar-refractivity contribution in [3.05, 3.63) is 34.9 Å². The Morgan fingerprint density at radius 2 is 1.50 bits per heavy atom. The number of ether oxygens (including phenoxy) is 1. The molecule has 36 heavy (non-hydrogen) atoms. The number of allylic oxidation sites excluding steroid dienone is 2. The average Bonchev–Trinajstić information content (AvgIpc) is 2.84. The lowest BCUT2D eigenvalue weighted by molar-refractivity contribution is 0.0110. The lowest BCUT2D eigenvalue weighted by Gasteiger charge is -2.47. The van der Waals surface area contributed by atoms with Crippen LogP contribution in [0.15, 0.2) is 23.8 Å². The van der Waals surface area contributed by atoms with Crippen LogP contribution in [-0.2, 0) is 6.42 Å². The van der Waals surface area contributed by atoms with Crippen LogP contribution in [0.25, 0.3) is 0 Å². The summed E-state index contributed by atoms with van der Waals surface area (Å²) < 4.78 is 14.4. The smallest absolute Gasteiger partial charge is 0.251 e. The molecule has 204 valence electrons. The normalized spacial score (nSPS) is 20.8. The second-order valence-electron chi connectivity index (χ2n) is 12.4. The molecule has 3 rings (SSSR count). The van der Waals surface area contributed by atoms with Gasteiger partial charge in [-0.1, -0.05) is 90.7 Å². The highest BCUT2D eigenvalue weighted by atomic mass is 28.4. The molecule has 0 saturated carbocycles. The van der Waals surface area contributed by atoms with Crippen molar-refractivity contribution in [3.63, 3.8) is 0 Å². The van der Waals surface area contributed by atoms with Gasteiger partial charge in [0.25, 0.3) is 8.32 Å². The SMILES string of the molecule is CCCCCc1cc2c(c(O[Si](CCCC)(CCCC)CCCC)c1)C1C=C(C)CCC1C(C)(C)O2. The Hall–Kier alpha value is -1.22. The van der Waals surface area contributed by atoms with Crippen LogP contribution >= 0.6 is 0 Å². The van der Waals surface area contributed by atoms with Gasteiger partial charge in [-0.15, -0.1) is 0 Å². The third kappa shape index (κ3) is 7.20. The standard InChI is InChI=1S/C33H56O2Si/c1-8-12-16-17-27-24-30-32(28-23-26(5)18-19-29(28)33(6,7)34-30)31(25-27)35-36(20-13-9-2,21-14-10-3)22-15-11-4/h23-25,28-29H,8-22H2,1-7H3. The minimum atomic E-state index is -1.91. The minimum Gasteiger partial charge on any atom is -0.543 e. The van der Waals surface area contributed by atoms with Crippen LogP contribution in [0.4, 0.5) is 0 Å². The first-order valence-electron chi connectivity index (χ1n) is 15.5. The van der Waals surface area contributed by atoms with Crippen LogP contribution in [0.3, 0.4) is 0 Å². The van der Waals surface area contributed by atoms with E-state index in [0.717, 1.165) is 12.2 Å². The monoisotopic (exact) mass is 512 g/mol. The topological polar surface area (TPSA) is 18.5 Å². The highest BCUT2D eigenvalue weighted by Gasteiger charge is 2.46. The molecule has 0 N–H and O–H groups in total. The van der Waals surface area contributed by atoms with Gasteiger partial charge in [0.05, 0.1) is 0 Å². The summed E-state index contributed by atoms with van der Waals surface area (Å²) in [6, 6.07) is 8.73. The number of fused-ring (bicyclic) bond motifs is 3. The molecule has 2 aliphatic rings. The number of rotatable bonds is 15. The van der Waals surface area contributed by atoms with Crippen LogP contribution in [0, 0.1) is 5.92 Å². The highest BCUT2D eigenvalue weighted by Crippen LogP contribution is 2.54. The van der Waals surface area contributed by atoms with E-state index in [0.29, 0.717) is 11.8 Å². The third-order valence-corrected chi connectivity index (χ3v) is 13.3. The molecule has 0 bridgehead atoms. The lowest BCUT2D eigenvalue weighted by atomic mass is 9.68. The molecule has 0 saturated heterocycles. The Balaban J connectivity index is 2.12. The summed E-state index contributed by atoms with van der Waals surface area (Å²) in [5.74, 6) is 3.23. The Kier molecular flexibility index (Phi) is 11.0. The molecular weight excluding hydrogens is 456 g/mol. The molecule has 3 heteroatoms. The van der Waals surface area contributed by atoms with Gasteiger partial charge in [0, 0.05) is 17.4 Å². The largest absolute Gasteiger partial charge is 0.543 e. The van der Waals surface area contributed by atoms with E-state index >= 15 is 0 Å². The van der Waals surface area contributed by atoms with Crippen molar-refractivity contribution in [2.24, 2.45) is 5.92 Å². The molecule has 0 aromatic heterocycles. The van der Waals surface area contributed by atoms with E-state index in [1.807, 2.05) is 0 Å². The number of unbranched alkanes of at least 4 members (excludes halogenated alkanes) is 5. The van der Waals surface area contributed by atoms with Gasteiger partial charge in [-0.3, -0.25) is 0 Å². The summed E-state index contributed by atoms with van der Waals surface area (Å²) >= 11 is 0. The number of benzene rings is 1. The summed E-state index contributed by atoms with van der Waals surface area (Å²) in [7, 11) is -1.91. The van der Waals surface area contributed by atoms with Crippen molar-refractivity contribution in [1.29, 1.82) is 0 Å². The van der Waals surface area contributed by atoms with E-state index < -0.39 is 8.32 Å². The van der Waals surface area contributed by atoms with Gasteiger partial charge in [0.15, 0.2) is 0 Å². The van der Waals surface area contributed by atoms with Gasteiger partial charge in [-0.2, -0.15) is 0 Å². The predicted molar refractivity (Wildman–Crippen MR) is 159 cm³/mol. The Labute approximate surface area is 224 Å². The molecule has 2 atom stereocenters. The molecule has 0 spiro atoms. The molecule has 0 fully saturated rings. The van der Waals surface area contributed by atoms with E-state index in [9.17, 15) is 0 Å². The summed E-state index contributed by atoms with van der Waals surface area (Å²) in [5.41, 5.74) is 4.17. The fraction of sp³-hybridized carbons (Fsp3) is 0.758. The van der Waals surface area contributed by atoms with Crippen molar-refractivity contribution in [1.82, 2.24) is 0 Å². The molecule has 2 unspecified atom stereocenters. The number of hydrogen-bond acceptors (Lipinski definition) is 2. The van der Waals surface area contributed by atoms with Crippen molar-refractivity contribution < 1.29 is 9.16 Å². The van der Waals surface area contributed by atoms with Gasteiger partial charge in [0.1, 0.15) is 17.1 Å². The van der Waals surface area contributed by atoms with E-state index in [1.165, 1.54) is 111 Å². The van der Waals surface area contributed by atoms with Crippen LogP contribution in [0.2, 0.25) is 18.1 Å². The molecule has 1 aliphatic heterocycles. The van der Waals surface area contributed by atoms with E-state index in [4.69, 9.17) is 9.16 Å². The quantitative estimate of drug-likeness (QED) is 0.132. The first-order chi connectivity index (χ1) is 17.3. The van der Waals surface area contributed by atoms with Crippen molar-refractivity contribution in [2.75, 3.05) is 0 Å². The molecule has 0 amide bonds. The number of aryl methyl sites for hydroxylation is 1. The predicted octanol–water partition coefficient (Wildman–Crippen LogP) is 10.8. The van der Waals surface area contributed by atoms with Gasteiger partial charge < -0.3 is 9.16 Å². The molecule has 1 heterocycles. The Morgan fingerprint density at radius 3 is 2.08 bits per heavy atom. The zero-order valence-corrected chi connectivity index (χ0v) is 25.8. The Morgan fingerprint density at radius 1 is 0.889 bits per heavy atom. The zero-order chi connectivity index (χ0) is 26.2. The maximum atomic E-state index is 7.54. The summed E-state index contributed by atoms with van der Waals surface area (Å²) in [5, 5.41) is 0. The van der Waals surface area contributed by atoms with Crippen LogP contribution in [0.1, 0.15) is 136 Å². The molecule has 2 nitrogen and oxygen atoms in total. The maximum Gasteiger partial charge on any atom is 0.251 e. The van der Waals surface area contributed by atoms with E-state index in [-0.39, 0.29) is 5.60 Å². The minimum absolute atomic E-state index is 0.144. The Bertz CT molecular complexity index is 834. The average molecular weight is 513 g/mol. The molecule has 0 radical (unpaired) electrons. The van der Waals surface area contributed by atoms with Crippen molar-refractivity contribution >= 4 is 8.32 Å². The third-order valence-electron chi connectivity index (χ3n) is 8.86. The lowest BCUT2D eigenvalue weighted by Crippen LogP contribution is -2.46. The summed E-state index contributed by atoms with van der Waals surface area (Å²) in [4.78, 5) is 0. The fourth-order valence-electron chi connectivity index (χ4n) is 6.63. The van der Waals surface area contributed by atoms with Crippen molar-refractivity contribution in [3.8, 4) is 11.5 Å². The van der Waals surface area contributed by atoms with Gasteiger partial charge in [-0.05, 0) is 82.3 Å². The second-order valence-corrected chi connectivity index (χ2v) is 16.5. The summed E-state index contributed by atoms with van der Waals surface area (Å²) in [6.07, 6.45) is 17.5. The van der Waals surface area contributed by atoms with Gasteiger partial charge in [-0.25, -0.2) is 0 Å². The summed E-state index contributed by atoms with van der Waals surface area (Å²) in [6.45, 7) is 16.3. The van der Waals surface area contributed by atoms with Gasteiger partial charge in [0.2, 0.25) is 0 Å². The molecule has 1 aromatic rings. The van der Waals surface area contributed by atoms with Gasteiger partial charge >= 0.3 is 0 Å². The first-order valence-corrected chi connectivity index (χ1v) is 18.0. The molecule has 1 aliphatic carbocycles. The number of hydrogen-bond donors (Lipinski definition) is 0. The highest BCUT2D eigenvalue weighted by molar-refractivity contribution is 6.74. The molecular formula is C33H56O2Si. The fourth-order valence-corrected chi connectivity index (χ4v) is 11.3. The molecule has 1 aromatic carbocycles. The maximum absolute atomic E-state index is 7.54. The van der Waals surface area contributed by atoms with E-state index in [2.05, 4.69) is 66.7 Å². The van der Waals surface area contributed by atoms with Crippen LogP contribution < -0.4 is 9.16 Å². The first kappa shape index (κ1) is 29.3. The second kappa shape index (κ2) is 13.5. The van der Waals surface area contributed by atoms with Crippen LogP contribution in [0.5, 0.6) is 11.5 Å². The van der Waals surface area contributed by atoms with E-state index in [1.54, 1.807) is 0 Å².